The van der Waals surface area contributed by atoms with E-state index in [0.29, 0.717) is 18.5 Å². The van der Waals surface area contributed by atoms with Crippen molar-refractivity contribution in [3.8, 4) is 5.75 Å². The van der Waals surface area contributed by atoms with Crippen LogP contribution in [0.4, 0.5) is 0 Å². The van der Waals surface area contributed by atoms with E-state index in [2.05, 4.69) is 20.6 Å². The number of rotatable bonds is 11. The molecule has 0 spiro atoms. The maximum atomic E-state index is 12.8. The first-order valence-electron chi connectivity index (χ1n) is 9.94. The molecule has 0 saturated carbocycles. The fourth-order valence-electron chi connectivity index (χ4n) is 2.97. The molecule has 0 bridgehead atoms. The topological polar surface area (TPSA) is 150 Å². The van der Waals surface area contributed by atoms with E-state index in [1.165, 1.54) is 6.33 Å². The van der Waals surface area contributed by atoms with Crippen molar-refractivity contribution >= 4 is 17.7 Å². The first-order chi connectivity index (χ1) is 14.3. The summed E-state index contributed by atoms with van der Waals surface area (Å²) in [6, 6.07) is 4.91. The maximum Gasteiger partial charge on any atom is 0.243 e. The minimum atomic E-state index is -0.918. The lowest BCUT2D eigenvalue weighted by Gasteiger charge is -2.25. The van der Waals surface area contributed by atoms with Gasteiger partial charge in [0.2, 0.25) is 17.7 Å². The number of imidazole rings is 1. The van der Waals surface area contributed by atoms with Crippen molar-refractivity contribution < 1.29 is 19.5 Å². The molecular weight excluding hydrogens is 386 g/mol. The molecule has 3 atom stereocenters. The number of carbonyl (C=O) groups is 3. The zero-order valence-corrected chi connectivity index (χ0v) is 17.2. The van der Waals surface area contributed by atoms with E-state index in [4.69, 9.17) is 5.73 Å². The van der Waals surface area contributed by atoms with E-state index in [-0.39, 0.29) is 30.4 Å². The highest BCUT2D eigenvalue weighted by molar-refractivity contribution is 5.91. The summed E-state index contributed by atoms with van der Waals surface area (Å²) in [7, 11) is 0. The Morgan fingerprint density at radius 1 is 1.20 bits per heavy atom. The second kappa shape index (κ2) is 11.0. The number of aromatic nitrogens is 2. The first-order valence-corrected chi connectivity index (χ1v) is 9.94. The number of primary amides is 1. The summed E-state index contributed by atoms with van der Waals surface area (Å²) in [4.78, 5) is 43.9. The fraction of sp³-hybridized carbons (Fsp3) is 0.429. The second-order valence-electron chi connectivity index (χ2n) is 7.34. The largest absolute Gasteiger partial charge is 0.508 e. The summed E-state index contributed by atoms with van der Waals surface area (Å²) in [5.74, 6) is -1.36. The van der Waals surface area contributed by atoms with Crippen LogP contribution in [0.2, 0.25) is 0 Å². The molecule has 6 N–H and O–H groups in total. The van der Waals surface area contributed by atoms with Crippen LogP contribution in [0.3, 0.4) is 0 Å². The highest BCUT2D eigenvalue weighted by Gasteiger charge is 2.29. The summed E-state index contributed by atoms with van der Waals surface area (Å²) >= 11 is 0. The summed E-state index contributed by atoms with van der Waals surface area (Å²) in [5.41, 5.74) is 7.01. The van der Waals surface area contributed by atoms with E-state index >= 15 is 0 Å². The van der Waals surface area contributed by atoms with Crippen LogP contribution in [0.5, 0.6) is 5.75 Å². The Morgan fingerprint density at radius 2 is 1.90 bits per heavy atom. The summed E-state index contributed by atoms with van der Waals surface area (Å²) in [6.45, 7) is 3.78. The van der Waals surface area contributed by atoms with Crippen molar-refractivity contribution in [2.75, 3.05) is 0 Å². The number of nitrogens with zero attached hydrogens (tertiary/aromatic N) is 1. The molecule has 0 unspecified atom stereocenters. The second-order valence-corrected chi connectivity index (χ2v) is 7.34. The van der Waals surface area contributed by atoms with Gasteiger partial charge in [-0.05, 0) is 30.0 Å². The number of phenols is 1. The lowest BCUT2D eigenvalue weighted by molar-refractivity contribution is -0.132. The Morgan fingerprint density at radius 3 is 2.47 bits per heavy atom. The molecule has 1 aromatic heterocycles. The average Bonchev–Trinajstić information content (AvgIpc) is 3.23. The molecule has 2 rings (SSSR count). The molecule has 162 valence electrons. The number of hydrogen-bond acceptors (Lipinski definition) is 5. The number of nitrogens with one attached hydrogen (secondary N) is 3. The Balaban J connectivity index is 1.98. The Bertz CT molecular complexity index is 836. The van der Waals surface area contributed by atoms with Crippen molar-refractivity contribution in [2.45, 2.75) is 51.6 Å². The van der Waals surface area contributed by atoms with Crippen LogP contribution in [-0.4, -0.2) is 44.9 Å². The molecule has 0 radical (unpaired) electrons. The minimum absolute atomic E-state index is 0.136. The van der Waals surface area contributed by atoms with Gasteiger partial charge in [-0.1, -0.05) is 32.4 Å². The summed E-state index contributed by atoms with van der Waals surface area (Å²) in [6.07, 6.45) is 4.55. The molecule has 2 aromatic rings. The van der Waals surface area contributed by atoms with Crippen molar-refractivity contribution in [3.63, 3.8) is 0 Å². The van der Waals surface area contributed by atoms with Gasteiger partial charge < -0.3 is 26.5 Å². The number of aromatic hydroxyl groups is 1. The molecule has 3 amide bonds. The van der Waals surface area contributed by atoms with E-state index < -0.39 is 23.9 Å². The molecule has 0 aliphatic rings. The normalized spacial score (nSPS) is 13.8. The SMILES string of the molecule is CC[C@H](C)[C@H](NC(=O)CCc1ccc(O)cc1)C(=O)N[C@@H](Cc1cnc[nH]1)C(N)=O. The smallest absolute Gasteiger partial charge is 0.243 e. The highest BCUT2D eigenvalue weighted by atomic mass is 16.3. The molecular formula is C21H29N5O4. The van der Waals surface area contributed by atoms with Crippen LogP contribution >= 0.6 is 0 Å². The van der Waals surface area contributed by atoms with Crippen LogP contribution in [-0.2, 0) is 27.2 Å². The van der Waals surface area contributed by atoms with Crippen molar-refractivity contribution in [2.24, 2.45) is 11.7 Å². The molecule has 30 heavy (non-hydrogen) atoms. The van der Waals surface area contributed by atoms with Gasteiger partial charge in [-0.25, -0.2) is 4.98 Å². The first kappa shape index (κ1) is 22.9. The number of aryl methyl sites for hydroxylation is 1. The number of amides is 3. The molecule has 0 aliphatic carbocycles. The van der Waals surface area contributed by atoms with Gasteiger partial charge in [-0.3, -0.25) is 14.4 Å². The quantitative estimate of drug-likeness (QED) is 0.368. The standard InChI is InChI=1S/C21H29N5O4/c1-3-13(2)19(26-18(28)9-6-14-4-7-16(27)8-5-14)21(30)25-17(20(22)29)10-15-11-23-12-24-15/h4-5,7-8,11-13,17,19,27H,3,6,9-10H2,1-2H3,(H2,22,29)(H,23,24)(H,25,30)(H,26,28)/t13-,17-,19-/m0/s1. The maximum absolute atomic E-state index is 12.8. The molecule has 1 heterocycles. The number of carbonyl (C=O) groups excluding carboxylic acids is 3. The van der Waals surface area contributed by atoms with Gasteiger partial charge >= 0.3 is 0 Å². The number of H-pyrrole nitrogens is 1. The number of nitrogens with two attached hydrogens (primary N) is 1. The molecule has 9 heteroatoms. The highest BCUT2D eigenvalue weighted by Crippen LogP contribution is 2.12. The Labute approximate surface area is 175 Å². The van der Waals surface area contributed by atoms with E-state index in [0.717, 1.165) is 5.56 Å². The van der Waals surface area contributed by atoms with Crippen molar-refractivity contribution in [3.05, 3.63) is 48.0 Å². The zero-order chi connectivity index (χ0) is 22.1. The average molecular weight is 415 g/mol. The van der Waals surface area contributed by atoms with Gasteiger partial charge in [0.05, 0.1) is 6.33 Å². The summed E-state index contributed by atoms with van der Waals surface area (Å²) in [5, 5.41) is 14.8. The van der Waals surface area contributed by atoms with Gasteiger partial charge in [0, 0.05) is 24.7 Å². The van der Waals surface area contributed by atoms with Crippen LogP contribution in [0.1, 0.15) is 37.9 Å². The third-order valence-electron chi connectivity index (χ3n) is 5.03. The van der Waals surface area contributed by atoms with E-state index in [1.54, 1.807) is 30.5 Å². The van der Waals surface area contributed by atoms with Crippen LogP contribution < -0.4 is 16.4 Å². The van der Waals surface area contributed by atoms with E-state index in [9.17, 15) is 19.5 Å². The van der Waals surface area contributed by atoms with Gasteiger partial charge in [-0.15, -0.1) is 0 Å². The molecule has 0 aliphatic heterocycles. The molecule has 1 aromatic carbocycles. The Hall–Kier alpha value is -3.36. The predicted molar refractivity (Wildman–Crippen MR) is 111 cm³/mol. The minimum Gasteiger partial charge on any atom is -0.508 e. The van der Waals surface area contributed by atoms with Gasteiger partial charge in [-0.2, -0.15) is 0 Å². The summed E-state index contributed by atoms with van der Waals surface area (Å²) < 4.78 is 0. The zero-order valence-electron chi connectivity index (χ0n) is 17.2. The lowest BCUT2D eigenvalue weighted by atomic mass is 9.97. The van der Waals surface area contributed by atoms with Gasteiger partial charge in [0.1, 0.15) is 17.8 Å². The van der Waals surface area contributed by atoms with Crippen molar-refractivity contribution in [1.29, 1.82) is 0 Å². The van der Waals surface area contributed by atoms with Gasteiger partial charge in [0.25, 0.3) is 0 Å². The number of benzene rings is 1. The number of aromatic amines is 1. The van der Waals surface area contributed by atoms with Crippen molar-refractivity contribution in [1.82, 2.24) is 20.6 Å². The third kappa shape index (κ3) is 6.91. The third-order valence-corrected chi connectivity index (χ3v) is 5.03. The van der Waals surface area contributed by atoms with Crippen LogP contribution in [0.15, 0.2) is 36.8 Å². The predicted octanol–water partition coefficient (Wildman–Crippen LogP) is 0.792. The fourth-order valence-corrected chi connectivity index (χ4v) is 2.97. The van der Waals surface area contributed by atoms with E-state index in [1.807, 2.05) is 13.8 Å². The van der Waals surface area contributed by atoms with Crippen LogP contribution in [0.25, 0.3) is 0 Å². The monoisotopic (exact) mass is 415 g/mol. The number of hydrogen-bond donors (Lipinski definition) is 5. The van der Waals surface area contributed by atoms with Gasteiger partial charge in [0.15, 0.2) is 0 Å². The molecule has 9 nitrogen and oxygen atoms in total. The molecule has 0 fully saturated rings. The lowest BCUT2D eigenvalue weighted by Crippen LogP contribution is -2.55. The number of phenolic OH excluding ortho intramolecular Hbond substituents is 1. The Kier molecular flexibility index (Phi) is 8.40. The molecule has 0 saturated heterocycles. The van der Waals surface area contributed by atoms with Crippen LogP contribution in [0, 0.1) is 5.92 Å².